The van der Waals surface area contributed by atoms with E-state index in [4.69, 9.17) is 0 Å². The second-order valence-corrected chi connectivity index (χ2v) is 4.83. The van der Waals surface area contributed by atoms with Gasteiger partial charge in [-0.15, -0.1) is 11.3 Å². The molecule has 0 saturated heterocycles. The van der Waals surface area contributed by atoms with Gasteiger partial charge in [-0.25, -0.2) is 4.98 Å². The van der Waals surface area contributed by atoms with Crippen LogP contribution in [-0.2, 0) is 0 Å². The lowest BCUT2D eigenvalue weighted by Gasteiger charge is -2.21. The van der Waals surface area contributed by atoms with Crippen molar-refractivity contribution in [2.75, 3.05) is 13.1 Å². The third-order valence-corrected chi connectivity index (χ3v) is 3.93. The summed E-state index contributed by atoms with van der Waals surface area (Å²) >= 11 is 1.61. The number of benzene rings is 1. The zero-order valence-electron chi connectivity index (χ0n) is 10.1. The summed E-state index contributed by atoms with van der Waals surface area (Å²) in [5.41, 5.74) is 0.986. The van der Waals surface area contributed by atoms with Crippen LogP contribution in [0.3, 0.4) is 0 Å². The Kier molecular flexibility index (Phi) is 3.72. The molecule has 0 radical (unpaired) electrons. The highest BCUT2D eigenvalue weighted by atomic mass is 32.1. The maximum Gasteiger partial charge on any atom is 0.150 e. The molecule has 88 valence electrons. The maximum atomic E-state index is 9.31. The van der Waals surface area contributed by atoms with E-state index in [-0.39, 0.29) is 6.04 Å². The summed E-state index contributed by atoms with van der Waals surface area (Å²) in [7, 11) is 0. The van der Waals surface area contributed by atoms with E-state index in [1.807, 2.05) is 24.3 Å². The predicted molar refractivity (Wildman–Crippen MR) is 70.9 cm³/mol. The van der Waals surface area contributed by atoms with Crippen LogP contribution in [0.4, 0.5) is 0 Å². The number of fused-ring (bicyclic) bond motifs is 1. The van der Waals surface area contributed by atoms with Crippen molar-refractivity contribution in [2.24, 2.45) is 0 Å². The molecule has 17 heavy (non-hydrogen) atoms. The van der Waals surface area contributed by atoms with Gasteiger partial charge in [-0.1, -0.05) is 26.0 Å². The van der Waals surface area contributed by atoms with Crippen LogP contribution in [0.15, 0.2) is 24.3 Å². The Morgan fingerprint density at radius 1 is 1.35 bits per heavy atom. The van der Waals surface area contributed by atoms with Crippen molar-refractivity contribution in [3.63, 3.8) is 0 Å². The van der Waals surface area contributed by atoms with Crippen LogP contribution in [-0.4, -0.2) is 23.0 Å². The van der Waals surface area contributed by atoms with Gasteiger partial charge < -0.3 is 0 Å². The fourth-order valence-corrected chi connectivity index (χ4v) is 2.94. The van der Waals surface area contributed by atoms with Gasteiger partial charge in [0.25, 0.3) is 0 Å². The van der Waals surface area contributed by atoms with E-state index in [9.17, 15) is 5.26 Å². The van der Waals surface area contributed by atoms with E-state index >= 15 is 0 Å². The van der Waals surface area contributed by atoms with E-state index in [0.717, 1.165) is 28.3 Å². The first-order chi connectivity index (χ1) is 8.30. The van der Waals surface area contributed by atoms with Gasteiger partial charge in [0.05, 0.1) is 16.3 Å². The lowest BCUT2D eigenvalue weighted by atomic mass is 10.3. The lowest BCUT2D eigenvalue weighted by Crippen LogP contribution is -2.27. The lowest BCUT2D eigenvalue weighted by molar-refractivity contribution is 0.262. The Bertz CT molecular complexity index is 504. The van der Waals surface area contributed by atoms with Crippen molar-refractivity contribution in [1.82, 2.24) is 9.88 Å². The van der Waals surface area contributed by atoms with Gasteiger partial charge in [-0.05, 0) is 25.2 Å². The SMILES string of the molecule is CCN(CC)C(C#N)c1nc2ccccc2s1. The normalized spacial score (nSPS) is 12.8. The summed E-state index contributed by atoms with van der Waals surface area (Å²) in [5.74, 6) is 0. The van der Waals surface area contributed by atoms with E-state index in [0.29, 0.717) is 0 Å². The topological polar surface area (TPSA) is 39.9 Å². The molecular weight excluding hydrogens is 230 g/mol. The number of hydrogen-bond donors (Lipinski definition) is 0. The molecule has 0 N–H and O–H groups in total. The highest BCUT2D eigenvalue weighted by molar-refractivity contribution is 7.18. The summed E-state index contributed by atoms with van der Waals surface area (Å²) < 4.78 is 1.15. The monoisotopic (exact) mass is 245 g/mol. The second-order valence-electron chi connectivity index (χ2n) is 3.77. The van der Waals surface area contributed by atoms with Gasteiger partial charge in [0.15, 0.2) is 6.04 Å². The van der Waals surface area contributed by atoms with E-state index < -0.39 is 0 Å². The predicted octanol–water partition coefficient (Wildman–Crippen LogP) is 3.20. The molecule has 2 aromatic rings. The van der Waals surface area contributed by atoms with E-state index in [2.05, 4.69) is 29.8 Å². The van der Waals surface area contributed by atoms with Crippen molar-refractivity contribution >= 4 is 21.6 Å². The zero-order valence-corrected chi connectivity index (χ0v) is 10.9. The van der Waals surface area contributed by atoms with Crippen LogP contribution in [0, 0.1) is 11.3 Å². The quantitative estimate of drug-likeness (QED) is 0.830. The molecule has 0 aliphatic rings. The zero-order chi connectivity index (χ0) is 12.3. The van der Waals surface area contributed by atoms with Crippen molar-refractivity contribution in [2.45, 2.75) is 19.9 Å². The Balaban J connectivity index is 2.40. The fraction of sp³-hybridized carbons (Fsp3) is 0.385. The third kappa shape index (κ3) is 2.31. The molecule has 0 saturated carbocycles. The van der Waals surface area contributed by atoms with Crippen LogP contribution >= 0.6 is 11.3 Å². The minimum atomic E-state index is -0.220. The Morgan fingerprint density at radius 2 is 2.06 bits per heavy atom. The minimum Gasteiger partial charge on any atom is -0.283 e. The molecule has 3 nitrogen and oxygen atoms in total. The van der Waals surface area contributed by atoms with Crippen LogP contribution in [0.25, 0.3) is 10.2 Å². The van der Waals surface area contributed by atoms with Crippen LogP contribution < -0.4 is 0 Å². The summed E-state index contributed by atoms with van der Waals surface area (Å²) in [4.78, 5) is 6.68. The average Bonchev–Trinajstić information content (AvgIpc) is 2.78. The molecule has 1 aromatic carbocycles. The number of para-hydroxylation sites is 1. The second kappa shape index (κ2) is 5.26. The highest BCUT2D eigenvalue weighted by Crippen LogP contribution is 2.28. The Labute approximate surface area is 105 Å². The van der Waals surface area contributed by atoms with Crippen LogP contribution in [0.5, 0.6) is 0 Å². The van der Waals surface area contributed by atoms with Crippen molar-refractivity contribution in [1.29, 1.82) is 5.26 Å². The number of nitrogens with zero attached hydrogens (tertiary/aromatic N) is 3. The summed E-state index contributed by atoms with van der Waals surface area (Å²) in [6.45, 7) is 5.87. The largest absolute Gasteiger partial charge is 0.283 e. The molecule has 1 heterocycles. The number of hydrogen-bond acceptors (Lipinski definition) is 4. The van der Waals surface area contributed by atoms with Gasteiger partial charge in [0.1, 0.15) is 5.01 Å². The Hall–Kier alpha value is -1.44. The highest BCUT2D eigenvalue weighted by Gasteiger charge is 2.20. The average molecular weight is 245 g/mol. The van der Waals surface area contributed by atoms with Gasteiger partial charge in [-0.3, -0.25) is 4.90 Å². The third-order valence-electron chi connectivity index (χ3n) is 2.84. The maximum absolute atomic E-state index is 9.31. The smallest absolute Gasteiger partial charge is 0.150 e. The van der Waals surface area contributed by atoms with Gasteiger partial charge in [0, 0.05) is 0 Å². The van der Waals surface area contributed by atoms with Crippen molar-refractivity contribution < 1.29 is 0 Å². The molecule has 0 spiro atoms. The molecule has 1 atom stereocenters. The number of aromatic nitrogens is 1. The van der Waals surface area contributed by atoms with Crippen molar-refractivity contribution in [3.8, 4) is 6.07 Å². The molecule has 0 amide bonds. The van der Waals surface area contributed by atoms with Crippen molar-refractivity contribution in [3.05, 3.63) is 29.3 Å². The first-order valence-corrected chi connectivity index (χ1v) is 6.61. The fourth-order valence-electron chi connectivity index (χ4n) is 1.89. The van der Waals surface area contributed by atoms with Gasteiger partial charge in [-0.2, -0.15) is 5.26 Å². The summed E-state index contributed by atoms with van der Waals surface area (Å²) in [6, 6.07) is 10.2. The number of rotatable bonds is 4. The summed E-state index contributed by atoms with van der Waals surface area (Å²) in [5, 5.41) is 10.2. The van der Waals surface area contributed by atoms with Gasteiger partial charge >= 0.3 is 0 Å². The van der Waals surface area contributed by atoms with E-state index in [1.165, 1.54) is 0 Å². The minimum absolute atomic E-state index is 0.220. The molecule has 0 bridgehead atoms. The molecule has 0 aliphatic carbocycles. The van der Waals surface area contributed by atoms with Gasteiger partial charge in [0.2, 0.25) is 0 Å². The standard InChI is InChI=1S/C13H15N3S/c1-3-16(4-2)11(9-14)13-15-10-7-5-6-8-12(10)17-13/h5-8,11H,3-4H2,1-2H3. The number of thiazole rings is 1. The molecular formula is C13H15N3S. The van der Waals surface area contributed by atoms with E-state index in [1.54, 1.807) is 11.3 Å². The molecule has 1 aromatic heterocycles. The molecule has 1 unspecified atom stereocenters. The Morgan fingerprint density at radius 3 is 2.65 bits per heavy atom. The first-order valence-electron chi connectivity index (χ1n) is 5.79. The molecule has 4 heteroatoms. The molecule has 0 aliphatic heterocycles. The number of nitriles is 1. The first kappa shape index (κ1) is 12.0. The molecule has 0 fully saturated rings. The van der Waals surface area contributed by atoms with Crippen LogP contribution in [0.1, 0.15) is 24.9 Å². The summed E-state index contributed by atoms with van der Waals surface area (Å²) in [6.07, 6.45) is 0. The van der Waals surface area contributed by atoms with Crippen LogP contribution in [0.2, 0.25) is 0 Å². The molecule has 2 rings (SSSR count).